The van der Waals surface area contributed by atoms with E-state index in [1.807, 2.05) is 0 Å². The molecule has 0 saturated heterocycles. The number of aromatic nitrogens is 4. The molecule has 102 valence electrons. The third-order valence-corrected chi connectivity index (χ3v) is 2.77. The zero-order valence-corrected chi connectivity index (χ0v) is 10.6. The molecule has 2 rings (SSSR count). The van der Waals surface area contributed by atoms with E-state index in [9.17, 15) is 9.18 Å². The number of hydrogen-bond donors (Lipinski definition) is 2. The van der Waals surface area contributed by atoms with Gasteiger partial charge in [0.2, 0.25) is 0 Å². The molecule has 0 unspecified atom stereocenters. The highest BCUT2D eigenvalue weighted by atomic mass is 19.1. The largest absolute Gasteiger partial charge is 0.396 e. The Balaban J connectivity index is 2.66. The van der Waals surface area contributed by atoms with Gasteiger partial charge in [-0.3, -0.25) is 0 Å². The van der Waals surface area contributed by atoms with Crippen LogP contribution in [0.25, 0.3) is 5.69 Å². The van der Waals surface area contributed by atoms with Crippen LogP contribution in [-0.4, -0.2) is 38.6 Å². The topological polar surface area (TPSA) is 85.0 Å². The normalized spacial score (nSPS) is 10.7. The maximum atomic E-state index is 13.7. The molecular formula is C11H14FN5O2. The van der Waals surface area contributed by atoms with Gasteiger partial charge in [0.05, 0.1) is 11.4 Å². The number of hydrogen-bond acceptors (Lipinski definition) is 5. The van der Waals surface area contributed by atoms with Gasteiger partial charge in [-0.25, -0.2) is 9.18 Å². The van der Waals surface area contributed by atoms with E-state index < -0.39 is 11.5 Å². The molecule has 0 saturated carbocycles. The number of aliphatic hydroxyl groups is 1. The van der Waals surface area contributed by atoms with Crippen molar-refractivity contribution in [1.29, 1.82) is 0 Å². The molecular weight excluding hydrogens is 253 g/mol. The highest BCUT2D eigenvalue weighted by Crippen LogP contribution is 2.22. The van der Waals surface area contributed by atoms with Crippen molar-refractivity contribution >= 4 is 5.69 Å². The lowest BCUT2D eigenvalue weighted by molar-refractivity contribution is 0.299. The number of anilines is 1. The van der Waals surface area contributed by atoms with Crippen molar-refractivity contribution in [2.45, 2.75) is 6.42 Å². The predicted molar refractivity (Wildman–Crippen MR) is 66.9 cm³/mol. The molecule has 0 radical (unpaired) electrons. The average molecular weight is 267 g/mol. The second-order valence-corrected chi connectivity index (χ2v) is 3.98. The number of nitrogens with one attached hydrogen (secondary N) is 1. The van der Waals surface area contributed by atoms with Gasteiger partial charge in [-0.2, -0.15) is 9.36 Å². The molecule has 19 heavy (non-hydrogen) atoms. The molecule has 0 aliphatic heterocycles. The Bertz CT molecular complexity index is 649. The van der Waals surface area contributed by atoms with Crippen LogP contribution in [0.3, 0.4) is 0 Å². The van der Waals surface area contributed by atoms with E-state index in [0.29, 0.717) is 11.3 Å². The molecule has 7 nitrogen and oxygen atoms in total. The minimum Gasteiger partial charge on any atom is -0.396 e. The van der Waals surface area contributed by atoms with Crippen molar-refractivity contribution in [1.82, 2.24) is 19.8 Å². The van der Waals surface area contributed by atoms with E-state index in [-0.39, 0.29) is 18.7 Å². The smallest absolute Gasteiger partial charge is 0.368 e. The maximum absolute atomic E-state index is 13.7. The lowest BCUT2D eigenvalue weighted by atomic mass is 10.1. The number of halogens is 1. The Morgan fingerprint density at radius 3 is 2.68 bits per heavy atom. The molecule has 0 amide bonds. The highest BCUT2D eigenvalue weighted by molar-refractivity contribution is 5.55. The highest BCUT2D eigenvalue weighted by Gasteiger charge is 2.14. The standard InChI is InChI=1S/C11H14FN5O2/c1-13-9-6-10(7(3-4-18)5-8(9)12)17-11(19)16(2)14-15-17/h5-6,13,18H,3-4H2,1-2H3. The summed E-state index contributed by atoms with van der Waals surface area (Å²) in [6.07, 6.45) is 0.221. The molecule has 0 spiro atoms. The number of aliphatic hydroxyl groups excluding tert-OH is 1. The third-order valence-electron chi connectivity index (χ3n) is 2.77. The average Bonchev–Trinajstić information content (AvgIpc) is 2.71. The van der Waals surface area contributed by atoms with E-state index in [1.54, 1.807) is 7.05 Å². The fourth-order valence-corrected chi connectivity index (χ4v) is 1.78. The Labute approximate surface area is 108 Å². The van der Waals surface area contributed by atoms with Gasteiger partial charge in [-0.1, -0.05) is 0 Å². The van der Waals surface area contributed by atoms with Crippen molar-refractivity contribution in [3.05, 3.63) is 34.0 Å². The first kappa shape index (κ1) is 13.2. The van der Waals surface area contributed by atoms with Crippen LogP contribution in [0.5, 0.6) is 0 Å². The summed E-state index contributed by atoms with van der Waals surface area (Å²) in [4.78, 5) is 11.8. The summed E-state index contributed by atoms with van der Waals surface area (Å²) in [7, 11) is 3.05. The number of nitrogens with zero attached hydrogens (tertiary/aromatic N) is 4. The Morgan fingerprint density at radius 1 is 1.42 bits per heavy atom. The van der Waals surface area contributed by atoms with E-state index in [4.69, 9.17) is 5.11 Å². The summed E-state index contributed by atoms with van der Waals surface area (Å²) >= 11 is 0. The van der Waals surface area contributed by atoms with Crippen molar-refractivity contribution in [2.24, 2.45) is 7.05 Å². The molecule has 1 aromatic carbocycles. The molecule has 0 atom stereocenters. The second-order valence-electron chi connectivity index (χ2n) is 3.98. The number of tetrazole rings is 1. The van der Waals surface area contributed by atoms with E-state index in [1.165, 1.54) is 19.2 Å². The summed E-state index contributed by atoms with van der Waals surface area (Å²) in [6, 6.07) is 2.74. The number of rotatable bonds is 4. The molecule has 0 aliphatic carbocycles. The van der Waals surface area contributed by atoms with E-state index in [2.05, 4.69) is 15.7 Å². The lowest BCUT2D eigenvalue weighted by Crippen LogP contribution is -2.23. The number of benzene rings is 1. The zero-order chi connectivity index (χ0) is 14.0. The fraction of sp³-hybridized carbons (Fsp3) is 0.364. The van der Waals surface area contributed by atoms with Gasteiger partial charge in [-0.15, -0.1) is 0 Å². The molecule has 1 aromatic heterocycles. The van der Waals surface area contributed by atoms with Crippen LogP contribution >= 0.6 is 0 Å². The summed E-state index contributed by atoms with van der Waals surface area (Å²) in [5, 5.41) is 19.0. The maximum Gasteiger partial charge on any atom is 0.368 e. The van der Waals surface area contributed by atoms with Gasteiger partial charge >= 0.3 is 5.69 Å². The van der Waals surface area contributed by atoms with Crippen LogP contribution in [0.15, 0.2) is 16.9 Å². The van der Waals surface area contributed by atoms with Crippen molar-refractivity contribution in [3.8, 4) is 5.69 Å². The predicted octanol–water partition coefficient (Wildman–Crippen LogP) is -0.318. The van der Waals surface area contributed by atoms with Crippen molar-refractivity contribution in [3.63, 3.8) is 0 Å². The minimum atomic E-state index is -0.452. The van der Waals surface area contributed by atoms with Crippen LogP contribution in [0.2, 0.25) is 0 Å². The van der Waals surface area contributed by atoms with Crippen LogP contribution in [0.1, 0.15) is 5.56 Å². The van der Waals surface area contributed by atoms with Crippen LogP contribution in [0, 0.1) is 5.82 Å². The zero-order valence-electron chi connectivity index (χ0n) is 10.6. The summed E-state index contributed by atoms with van der Waals surface area (Å²) < 4.78 is 15.9. The van der Waals surface area contributed by atoms with Crippen LogP contribution in [0.4, 0.5) is 10.1 Å². The van der Waals surface area contributed by atoms with Gasteiger partial charge < -0.3 is 10.4 Å². The fourth-order valence-electron chi connectivity index (χ4n) is 1.78. The summed E-state index contributed by atoms with van der Waals surface area (Å²) in [5.41, 5.74) is 0.696. The van der Waals surface area contributed by atoms with E-state index >= 15 is 0 Å². The van der Waals surface area contributed by atoms with E-state index in [0.717, 1.165) is 9.36 Å². The van der Waals surface area contributed by atoms with Gasteiger partial charge in [0.1, 0.15) is 5.82 Å². The Hall–Kier alpha value is -2.22. The third kappa shape index (κ3) is 2.34. The first-order valence-electron chi connectivity index (χ1n) is 5.69. The van der Waals surface area contributed by atoms with Gasteiger partial charge in [0.15, 0.2) is 0 Å². The molecule has 0 aliphatic rings. The van der Waals surface area contributed by atoms with Crippen molar-refractivity contribution < 1.29 is 9.50 Å². The first-order valence-corrected chi connectivity index (χ1v) is 5.69. The van der Waals surface area contributed by atoms with Crippen LogP contribution in [-0.2, 0) is 13.5 Å². The molecule has 1 heterocycles. The SMILES string of the molecule is CNc1cc(-n2nnn(C)c2=O)c(CCO)cc1F. The molecule has 2 N–H and O–H groups in total. The molecule has 0 fully saturated rings. The summed E-state index contributed by atoms with van der Waals surface area (Å²) in [5.74, 6) is -0.452. The quantitative estimate of drug-likeness (QED) is 0.793. The van der Waals surface area contributed by atoms with Gasteiger partial charge in [-0.05, 0) is 34.5 Å². The van der Waals surface area contributed by atoms with Crippen LogP contribution < -0.4 is 11.0 Å². The second kappa shape index (κ2) is 5.19. The summed E-state index contributed by atoms with van der Waals surface area (Å²) in [6.45, 7) is -0.152. The monoisotopic (exact) mass is 267 g/mol. The Kier molecular flexibility index (Phi) is 3.61. The molecule has 0 bridgehead atoms. The van der Waals surface area contributed by atoms with Crippen molar-refractivity contribution in [2.75, 3.05) is 19.0 Å². The molecule has 2 aromatic rings. The lowest BCUT2D eigenvalue weighted by Gasteiger charge is -2.10. The first-order chi connectivity index (χ1) is 9.08. The van der Waals surface area contributed by atoms with Gasteiger partial charge in [0, 0.05) is 20.7 Å². The van der Waals surface area contributed by atoms with Gasteiger partial charge in [0.25, 0.3) is 0 Å². The number of aryl methyl sites for hydroxylation is 1. The molecule has 8 heteroatoms. The minimum absolute atomic E-state index is 0.152. The Morgan fingerprint density at radius 2 is 2.16 bits per heavy atom.